The number of esters is 1. The highest BCUT2D eigenvalue weighted by atomic mass is 16.5. The van der Waals surface area contributed by atoms with Crippen molar-refractivity contribution < 1.29 is 9.53 Å². The monoisotopic (exact) mass is 458 g/mol. The van der Waals surface area contributed by atoms with Gasteiger partial charge in [0.2, 0.25) is 0 Å². The van der Waals surface area contributed by atoms with E-state index in [0.717, 1.165) is 32.7 Å². The number of benzene rings is 2. The van der Waals surface area contributed by atoms with Gasteiger partial charge in [-0.05, 0) is 77.5 Å². The first kappa shape index (κ1) is 23.2. The zero-order chi connectivity index (χ0) is 23.9. The summed E-state index contributed by atoms with van der Waals surface area (Å²) in [5, 5.41) is 0. The van der Waals surface area contributed by atoms with Crippen molar-refractivity contribution in [3.05, 3.63) is 71.3 Å². The maximum absolute atomic E-state index is 11.9. The van der Waals surface area contributed by atoms with E-state index in [9.17, 15) is 4.79 Å². The number of rotatable bonds is 6. The van der Waals surface area contributed by atoms with Crippen LogP contribution >= 0.6 is 0 Å². The van der Waals surface area contributed by atoms with E-state index >= 15 is 0 Å². The van der Waals surface area contributed by atoms with Crippen LogP contribution in [0.15, 0.2) is 54.6 Å². The summed E-state index contributed by atoms with van der Waals surface area (Å²) in [5.41, 5.74) is 6.95. The molecule has 1 saturated heterocycles. The first-order valence-corrected chi connectivity index (χ1v) is 12.9. The van der Waals surface area contributed by atoms with Crippen molar-refractivity contribution in [1.29, 1.82) is 0 Å². The zero-order valence-electron chi connectivity index (χ0n) is 21.1. The Bertz CT molecular complexity index is 1080. The lowest BCUT2D eigenvalue weighted by atomic mass is 9.66. The first-order chi connectivity index (χ1) is 16.3. The second-order valence-corrected chi connectivity index (χ2v) is 11.0. The quantitative estimate of drug-likeness (QED) is 0.495. The molecule has 0 radical (unpaired) electrons. The van der Waals surface area contributed by atoms with Crippen molar-refractivity contribution in [3.63, 3.8) is 0 Å². The topological polar surface area (TPSA) is 32.8 Å². The number of nitrogens with zero attached hydrogens (tertiary/aromatic N) is 2. The molecule has 1 saturated carbocycles. The largest absolute Gasteiger partial charge is 0.462 e. The van der Waals surface area contributed by atoms with Crippen LogP contribution in [0.2, 0.25) is 0 Å². The summed E-state index contributed by atoms with van der Waals surface area (Å²) in [6.07, 6.45) is 5.23. The fraction of sp³-hybridized carbons (Fsp3) is 0.500. The van der Waals surface area contributed by atoms with E-state index in [1.165, 1.54) is 29.7 Å². The molecule has 0 spiro atoms. The summed E-state index contributed by atoms with van der Waals surface area (Å²) in [4.78, 5) is 16.9. The fourth-order valence-corrected chi connectivity index (χ4v) is 6.43. The highest BCUT2D eigenvalue weighted by molar-refractivity contribution is 5.89. The van der Waals surface area contributed by atoms with Crippen molar-refractivity contribution in [2.45, 2.75) is 47.1 Å². The van der Waals surface area contributed by atoms with E-state index < -0.39 is 0 Å². The highest BCUT2D eigenvalue weighted by Gasteiger charge is 2.57. The molecule has 0 N–H and O–H groups in total. The molecule has 2 aromatic carbocycles. The molecule has 2 bridgehead atoms. The molecule has 180 valence electrons. The smallest absolute Gasteiger partial charge is 0.338 e. The number of anilines is 1. The normalized spacial score (nSPS) is 25.9. The minimum absolute atomic E-state index is 0.250. The lowest BCUT2D eigenvalue weighted by Crippen LogP contribution is -2.46. The van der Waals surface area contributed by atoms with E-state index in [1.807, 2.05) is 31.2 Å². The number of fused-ring (bicyclic) bond motifs is 2. The van der Waals surface area contributed by atoms with Crippen LogP contribution in [-0.2, 0) is 11.3 Å². The second kappa shape index (κ2) is 8.88. The highest BCUT2D eigenvalue weighted by Crippen LogP contribution is 2.67. The summed E-state index contributed by atoms with van der Waals surface area (Å²) >= 11 is 0. The van der Waals surface area contributed by atoms with Crippen LogP contribution in [0.1, 0.15) is 62.0 Å². The molecule has 34 heavy (non-hydrogen) atoms. The van der Waals surface area contributed by atoms with Crippen molar-refractivity contribution in [3.8, 4) is 0 Å². The van der Waals surface area contributed by atoms with Gasteiger partial charge in [0.1, 0.15) is 0 Å². The van der Waals surface area contributed by atoms with Crippen molar-refractivity contribution in [2.24, 2.45) is 16.7 Å². The Morgan fingerprint density at radius 3 is 2.32 bits per heavy atom. The SMILES string of the molecule is CCOC(=O)c1ccc(N2CCN(Cc3ccccc3C3=C[C@H]4CC[C@]3(C)C4(C)C)CC2)cc1. The number of hydrogen-bond donors (Lipinski definition) is 0. The van der Waals surface area contributed by atoms with Gasteiger partial charge in [-0.1, -0.05) is 51.1 Å². The van der Waals surface area contributed by atoms with Gasteiger partial charge in [-0.2, -0.15) is 0 Å². The molecule has 0 aromatic heterocycles. The number of hydrogen-bond acceptors (Lipinski definition) is 4. The van der Waals surface area contributed by atoms with E-state index in [2.05, 4.69) is 60.9 Å². The molecular formula is C30H38N2O2. The predicted octanol–water partition coefficient (Wildman–Crippen LogP) is 6.03. The summed E-state index contributed by atoms with van der Waals surface area (Å²) < 4.78 is 5.10. The number of carbonyl (C=O) groups is 1. The van der Waals surface area contributed by atoms with Crippen LogP contribution in [0.25, 0.3) is 5.57 Å². The third-order valence-corrected chi connectivity index (χ3v) is 9.08. The molecule has 0 amide bonds. The number of allylic oxidation sites excluding steroid dienone is 2. The Hall–Kier alpha value is -2.59. The minimum Gasteiger partial charge on any atom is -0.462 e. The Kier molecular flexibility index (Phi) is 6.05. The van der Waals surface area contributed by atoms with Crippen molar-refractivity contribution in [2.75, 3.05) is 37.7 Å². The van der Waals surface area contributed by atoms with Crippen molar-refractivity contribution in [1.82, 2.24) is 4.90 Å². The number of ether oxygens (including phenoxy) is 1. The van der Waals surface area contributed by atoms with Crippen LogP contribution < -0.4 is 4.90 Å². The Morgan fingerprint density at radius 1 is 1.00 bits per heavy atom. The van der Waals surface area contributed by atoms with Gasteiger partial charge in [0.25, 0.3) is 0 Å². The van der Waals surface area contributed by atoms with Gasteiger partial charge in [-0.25, -0.2) is 4.79 Å². The standard InChI is InChI=1S/C30H38N2O2/c1-5-34-28(33)22-10-12-25(13-11-22)32-18-16-31(17-19-32)21-23-8-6-7-9-26(23)27-20-24-14-15-30(27,4)29(24,2)3/h6-13,20,24H,5,14-19,21H2,1-4H3/t24-,30+/m1/s1. The van der Waals surface area contributed by atoms with E-state index in [-0.39, 0.29) is 11.4 Å². The molecular weight excluding hydrogens is 420 g/mol. The summed E-state index contributed by atoms with van der Waals surface area (Å²) in [5.74, 6) is 0.458. The first-order valence-electron chi connectivity index (χ1n) is 12.9. The average Bonchev–Trinajstić information content (AvgIpc) is 3.19. The van der Waals surface area contributed by atoms with Crippen molar-refractivity contribution >= 4 is 17.2 Å². The Balaban J connectivity index is 1.25. The fourth-order valence-electron chi connectivity index (χ4n) is 6.43. The van der Waals surface area contributed by atoms with Gasteiger partial charge in [-0.3, -0.25) is 4.90 Å². The van der Waals surface area contributed by atoms with Gasteiger partial charge >= 0.3 is 5.97 Å². The number of carbonyl (C=O) groups excluding carboxylic acids is 1. The van der Waals surface area contributed by atoms with Crippen LogP contribution in [0.3, 0.4) is 0 Å². The van der Waals surface area contributed by atoms with Crippen LogP contribution in [-0.4, -0.2) is 43.7 Å². The minimum atomic E-state index is -0.250. The van der Waals surface area contributed by atoms with E-state index in [0.29, 0.717) is 23.5 Å². The van der Waals surface area contributed by atoms with E-state index in [1.54, 1.807) is 5.57 Å². The summed E-state index contributed by atoms with van der Waals surface area (Å²) in [6.45, 7) is 14.7. The second-order valence-electron chi connectivity index (χ2n) is 11.0. The zero-order valence-corrected chi connectivity index (χ0v) is 21.1. The molecule has 2 atom stereocenters. The van der Waals surface area contributed by atoms with E-state index in [4.69, 9.17) is 4.74 Å². The molecule has 2 aliphatic carbocycles. The molecule has 1 aliphatic heterocycles. The molecule has 4 nitrogen and oxygen atoms in total. The van der Waals surface area contributed by atoms with Crippen LogP contribution in [0.5, 0.6) is 0 Å². The molecule has 5 rings (SSSR count). The summed E-state index contributed by atoms with van der Waals surface area (Å²) in [6, 6.07) is 16.9. The molecule has 3 aliphatic rings. The molecule has 0 unspecified atom stereocenters. The Labute approximate surface area is 204 Å². The summed E-state index contributed by atoms with van der Waals surface area (Å²) in [7, 11) is 0. The molecule has 2 fully saturated rings. The van der Waals surface area contributed by atoms with Gasteiger partial charge in [0.15, 0.2) is 0 Å². The molecule has 1 heterocycles. The molecule has 4 heteroatoms. The average molecular weight is 459 g/mol. The maximum Gasteiger partial charge on any atom is 0.338 e. The Morgan fingerprint density at radius 2 is 1.71 bits per heavy atom. The van der Waals surface area contributed by atoms with Gasteiger partial charge in [0.05, 0.1) is 12.2 Å². The predicted molar refractivity (Wildman–Crippen MR) is 139 cm³/mol. The van der Waals surface area contributed by atoms with Gasteiger partial charge in [-0.15, -0.1) is 0 Å². The van der Waals surface area contributed by atoms with Gasteiger partial charge in [0, 0.05) is 38.4 Å². The van der Waals surface area contributed by atoms with Gasteiger partial charge < -0.3 is 9.64 Å². The lowest BCUT2D eigenvalue weighted by molar-refractivity contribution is 0.0526. The third-order valence-electron chi connectivity index (χ3n) is 9.08. The van der Waals surface area contributed by atoms with Crippen LogP contribution in [0.4, 0.5) is 5.69 Å². The lowest BCUT2D eigenvalue weighted by Gasteiger charge is -2.39. The molecule has 2 aromatic rings. The number of piperazine rings is 1. The maximum atomic E-state index is 11.9. The third kappa shape index (κ3) is 3.86. The van der Waals surface area contributed by atoms with Crippen LogP contribution in [0, 0.1) is 16.7 Å².